The van der Waals surface area contributed by atoms with Gasteiger partial charge in [-0.15, -0.1) is 0 Å². The van der Waals surface area contributed by atoms with Crippen molar-refractivity contribution in [2.75, 3.05) is 12.4 Å². The number of ether oxygens (including phenoxy) is 2. The van der Waals surface area contributed by atoms with E-state index in [0.29, 0.717) is 16.8 Å². The van der Waals surface area contributed by atoms with Crippen LogP contribution in [0.5, 0.6) is 11.5 Å². The molecule has 9 heteroatoms. The maximum atomic E-state index is 12.3. The number of rotatable bonds is 7. The third-order valence-corrected chi connectivity index (χ3v) is 3.81. The highest BCUT2D eigenvalue weighted by atomic mass is 16.6. The molecule has 2 rings (SSSR count). The van der Waals surface area contributed by atoms with E-state index >= 15 is 0 Å². The third-order valence-electron chi connectivity index (χ3n) is 3.81. The second-order valence-electron chi connectivity index (χ2n) is 5.75. The Balaban J connectivity index is 2.16. The maximum Gasteiger partial charge on any atom is 0.412 e. The Morgan fingerprint density at radius 3 is 2.55 bits per heavy atom. The highest BCUT2D eigenvalue weighted by molar-refractivity contribution is 5.86. The maximum absolute atomic E-state index is 12.3. The Hall–Kier alpha value is -4.03. The van der Waals surface area contributed by atoms with Gasteiger partial charge in [0, 0.05) is 18.2 Å². The predicted molar refractivity (Wildman–Crippen MR) is 102 cm³/mol. The number of carbonyl (C=O) groups is 2. The van der Waals surface area contributed by atoms with Crippen LogP contribution in [-0.2, 0) is 9.53 Å². The van der Waals surface area contributed by atoms with Crippen molar-refractivity contribution in [3.05, 3.63) is 65.7 Å². The standard InChI is InChI=1S/C20H19N3O6/c1-28-18-10-7-14(11-16(18)24)17(3-2-4-19(25)23-27)29-20(26)22-15-8-5-13(12-21)6-9-15/h2,4-11,17,24,27H,3H2,1H3,(H,22,26)(H,23,25)/b4-2+/t17-/m1/s1. The summed E-state index contributed by atoms with van der Waals surface area (Å²) < 4.78 is 10.4. The number of phenolic OH excluding ortho intramolecular Hbond substituents is 1. The van der Waals surface area contributed by atoms with Gasteiger partial charge in [0.25, 0.3) is 5.91 Å². The molecule has 0 spiro atoms. The van der Waals surface area contributed by atoms with E-state index in [9.17, 15) is 14.7 Å². The number of nitrogens with zero attached hydrogens (tertiary/aromatic N) is 1. The van der Waals surface area contributed by atoms with Gasteiger partial charge in [-0.25, -0.2) is 10.3 Å². The Morgan fingerprint density at radius 1 is 1.24 bits per heavy atom. The molecular weight excluding hydrogens is 378 g/mol. The quantitative estimate of drug-likeness (QED) is 0.320. The van der Waals surface area contributed by atoms with Gasteiger partial charge in [0.2, 0.25) is 0 Å². The summed E-state index contributed by atoms with van der Waals surface area (Å²) in [5.74, 6) is -0.615. The topological polar surface area (TPSA) is 141 Å². The van der Waals surface area contributed by atoms with Crippen molar-refractivity contribution in [2.45, 2.75) is 12.5 Å². The highest BCUT2D eigenvalue weighted by Gasteiger charge is 2.18. The van der Waals surface area contributed by atoms with E-state index in [1.54, 1.807) is 30.3 Å². The molecule has 0 aromatic heterocycles. The van der Waals surface area contributed by atoms with E-state index in [2.05, 4.69) is 5.32 Å². The van der Waals surface area contributed by atoms with Gasteiger partial charge in [0.15, 0.2) is 11.5 Å². The van der Waals surface area contributed by atoms with Crippen LogP contribution in [0.2, 0.25) is 0 Å². The number of anilines is 1. The van der Waals surface area contributed by atoms with Gasteiger partial charge >= 0.3 is 6.09 Å². The third kappa shape index (κ3) is 6.27. The van der Waals surface area contributed by atoms with Crippen molar-refractivity contribution >= 4 is 17.7 Å². The molecule has 0 bridgehead atoms. The summed E-state index contributed by atoms with van der Waals surface area (Å²) in [4.78, 5) is 23.4. The number of nitriles is 1. The molecule has 0 aliphatic heterocycles. The van der Waals surface area contributed by atoms with Gasteiger partial charge in [-0.3, -0.25) is 15.3 Å². The second-order valence-corrected chi connectivity index (χ2v) is 5.75. The van der Waals surface area contributed by atoms with Crippen LogP contribution in [0.4, 0.5) is 10.5 Å². The molecule has 29 heavy (non-hydrogen) atoms. The van der Waals surface area contributed by atoms with Crippen LogP contribution in [0.3, 0.4) is 0 Å². The van der Waals surface area contributed by atoms with Crippen molar-refractivity contribution in [1.82, 2.24) is 5.48 Å². The van der Waals surface area contributed by atoms with Gasteiger partial charge in [-0.05, 0) is 42.0 Å². The summed E-state index contributed by atoms with van der Waals surface area (Å²) in [5.41, 5.74) is 2.80. The van der Waals surface area contributed by atoms with Gasteiger partial charge in [-0.1, -0.05) is 12.1 Å². The molecule has 0 saturated heterocycles. The van der Waals surface area contributed by atoms with E-state index in [4.69, 9.17) is 19.9 Å². The molecule has 2 amide bonds. The van der Waals surface area contributed by atoms with Gasteiger partial charge in [-0.2, -0.15) is 5.26 Å². The van der Waals surface area contributed by atoms with Crippen LogP contribution < -0.4 is 15.5 Å². The lowest BCUT2D eigenvalue weighted by molar-refractivity contribution is -0.124. The van der Waals surface area contributed by atoms with Crippen molar-refractivity contribution in [1.29, 1.82) is 5.26 Å². The van der Waals surface area contributed by atoms with Crippen LogP contribution in [0, 0.1) is 11.3 Å². The number of benzene rings is 2. The van der Waals surface area contributed by atoms with Crippen molar-refractivity contribution < 1.29 is 29.4 Å². The fourth-order valence-corrected chi connectivity index (χ4v) is 2.40. The first-order valence-electron chi connectivity index (χ1n) is 8.42. The number of phenols is 1. The Kier molecular flexibility index (Phi) is 7.59. The lowest BCUT2D eigenvalue weighted by atomic mass is 10.1. The molecule has 150 valence electrons. The van der Waals surface area contributed by atoms with Gasteiger partial charge in [0.1, 0.15) is 6.10 Å². The fourth-order valence-electron chi connectivity index (χ4n) is 2.40. The average molecular weight is 397 g/mol. The molecule has 9 nitrogen and oxygen atoms in total. The minimum Gasteiger partial charge on any atom is -0.504 e. The number of aromatic hydroxyl groups is 1. The SMILES string of the molecule is COc1ccc([C@@H](C/C=C/C(=O)NO)OC(=O)Nc2ccc(C#N)cc2)cc1O. The number of hydrogen-bond acceptors (Lipinski definition) is 7. The zero-order chi connectivity index (χ0) is 21.2. The summed E-state index contributed by atoms with van der Waals surface area (Å²) in [6.07, 6.45) is 0.980. The van der Waals surface area contributed by atoms with Crippen molar-refractivity contribution in [3.8, 4) is 17.6 Å². The van der Waals surface area contributed by atoms with Crippen LogP contribution in [0.1, 0.15) is 23.7 Å². The van der Waals surface area contributed by atoms with Gasteiger partial charge < -0.3 is 14.6 Å². The monoisotopic (exact) mass is 397 g/mol. The molecule has 0 aliphatic rings. The molecule has 0 radical (unpaired) electrons. The zero-order valence-corrected chi connectivity index (χ0v) is 15.5. The lowest BCUT2D eigenvalue weighted by Gasteiger charge is -2.18. The van der Waals surface area contributed by atoms with E-state index in [0.717, 1.165) is 6.08 Å². The normalized spacial score (nSPS) is 11.3. The molecule has 0 saturated carbocycles. The van der Waals surface area contributed by atoms with E-state index in [1.165, 1.54) is 30.8 Å². The first-order valence-corrected chi connectivity index (χ1v) is 8.42. The summed E-state index contributed by atoms with van der Waals surface area (Å²) in [5, 5.41) is 29.9. The van der Waals surface area contributed by atoms with E-state index in [-0.39, 0.29) is 17.9 Å². The first-order chi connectivity index (χ1) is 14.0. The Bertz CT molecular complexity index is 934. The number of hydroxylamine groups is 1. The number of methoxy groups -OCH3 is 1. The molecule has 0 aliphatic carbocycles. The first kappa shape index (κ1) is 21.3. The van der Waals surface area contributed by atoms with Gasteiger partial charge in [0.05, 0.1) is 18.7 Å². The summed E-state index contributed by atoms with van der Waals surface area (Å²) in [6, 6.07) is 12.7. The summed E-state index contributed by atoms with van der Waals surface area (Å²) >= 11 is 0. The zero-order valence-electron chi connectivity index (χ0n) is 15.5. The predicted octanol–water partition coefficient (Wildman–Crippen LogP) is 3.01. The van der Waals surface area contributed by atoms with Crippen LogP contribution in [0.15, 0.2) is 54.6 Å². The number of carbonyl (C=O) groups excluding carboxylic acids is 2. The number of hydrogen-bond donors (Lipinski definition) is 4. The fraction of sp³-hybridized carbons (Fsp3) is 0.150. The second kappa shape index (κ2) is 10.3. The van der Waals surface area contributed by atoms with Crippen LogP contribution in [0.25, 0.3) is 0 Å². The Morgan fingerprint density at radius 2 is 1.97 bits per heavy atom. The van der Waals surface area contributed by atoms with Crippen molar-refractivity contribution in [2.24, 2.45) is 0 Å². The molecule has 2 aromatic rings. The Labute approximate surface area is 166 Å². The minimum absolute atomic E-state index is 0.0972. The molecule has 0 fully saturated rings. The van der Waals surface area contributed by atoms with Crippen molar-refractivity contribution in [3.63, 3.8) is 0 Å². The molecule has 4 N–H and O–H groups in total. The van der Waals surface area contributed by atoms with E-state index < -0.39 is 18.1 Å². The summed E-state index contributed by atoms with van der Waals surface area (Å²) in [6.45, 7) is 0. The summed E-state index contributed by atoms with van der Waals surface area (Å²) in [7, 11) is 1.41. The number of amides is 2. The molecule has 0 heterocycles. The van der Waals surface area contributed by atoms with Crippen LogP contribution in [-0.4, -0.2) is 29.4 Å². The van der Waals surface area contributed by atoms with E-state index in [1.807, 2.05) is 6.07 Å². The largest absolute Gasteiger partial charge is 0.504 e. The molecule has 1 atom stereocenters. The smallest absolute Gasteiger partial charge is 0.412 e. The molecular formula is C20H19N3O6. The highest BCUT2D eigenvalue weighted by Crippen LogP contribution is 2.32. The number of nitrogens with one attached hydrogen (secondary N) is 2. The minimum atomic E-state index is -0.840. The van der Waals surface area contributed by atoms with Crippen LogP contribution >= 0.6 is 0 Å². The molecule has 2 aromatic carbocycles. The molecule has 0 unspecified atom stereocenters. The average Bonchev–Trinajstić information content (AvgIpc) is 2.73. The lowest BCUT2D eigenvalue weighted by Crippen LogP contribution is -2.18.